The van der Waals surface area contributed by atoms with Gasteiger partial charge in [-0.15, -0.1) is 0 Å². The molecular weight excluding hydrogens is 138 g/mol. The highest BCUT2D eigenvalue weighted by atomic mass is 16.5. The van der Waals surface area contributed by atoms with Gasteiger partial charge < -0.3 is 9.64 Å². The van der Waals surface area contributed by atoms with E-state index in [0.29, 0.717) is 5.41 Å². The third-order valence-corrected chi connectivity index (χ3v) is 3.12. The average Bonchev–Trinajstić information content (AvgIpc) is 2.01. The third-order valence-electron chi connectivity index (χ3n) is 3.12. The molecule has 64 valence electrons. The molecule has 0 unspecified atom stereocenters. The van der Waals surface area contributed by atoms with Gasteiger partial charge in [-0.1, -0.05) is 6.92 Å². The molecule has 0 aromatic rings. The van der Waals surface area contributed by atoms with E-state index in [1.807, 2.05) is 0 Å². The van der Waals surface area contributed by atoms with Crippen LogP contribution in [0.1, 0.15) is 19.8 Å². The Kier molecular flexibility index (Phi) is 1.90. The first-order chi connectivity index (χ1) is 5.35. The largest absolute Gasteiger partial charge is 0.381 e. The predicted octanol–water partition coefficient (Wildman–Crippen LogP) is 1.12. The van der Waals surface area contributed by atoms with Gasteiger partial charge in [-0.3, -0.25) is 0 Å². The smallest absolute Gasteiger partial charge is 0.0472 e. The molecule has 0 aromatic carbocycles. The van der Waals surface area contributed by atoms with Crippen molar-refractivity contribution in [1.82, 2.24) is 4.90 Å². The molecule has 2 nitrogen and oxygen atoms in total. The first-order valence-corrected chi connectivity index (χ1v) is 4.65. The Hall–Kier alpha value is -0.0800. The summed E-state index contributed by atoms with van der Waals surface area (Å²) in [5.41, 5.74) is 0.675. The maximum absolute atomic E-state index is 5.35. The molecule has 0 amide bonds. The van der Waals surface area contributed by atoms with E-state index in [0.717, 1.165) is 13.2 Å². The minimum absolute atomic E-state index is 0.675. The second-order valence-electron chi connectivity index (χ2n) is 3.92. The maximum Gasteiger partial charge on any atom is 0.0472 e. The fourth-order valence-electron chi connectivity index (χ4n) is 2.25. The molecular formula is C9H17NO. The quantitative estimate of drug-likeness (QED) is 0.562. The summed E-state index contributed by atoms with van der Waals surface area (Å²) < 4.78 is 5.35. The molecule has 11 heavy (non-hydrogen) atoms. The molecule has 2 fully saturated rings. The van der Waals surface area contributed by atoms with Crippen molar-refractivity contribution in [3.05, 3.63) is 0 Å². The monoisotopic (exact) mass is 155 g/mol. The van der Waals surface area contributed by atoms with Gasteiger partial charge in [-0.05, 0) is 19.4 Å². The number of hydrogen-bond donors (Lipinski definition) is 0. The highest BCUT2D eigenvalue weighted by molar-refractivity contribution is 4.95. The van der Waals surface area contributed by atoms with Crippen molar-refractivity contribution in [2.75, 3.05) is 32.8 Å². The Morgan fingerprint density at radius 1 is 1.27 bits per heavy atom. The molecule has 1 spiro atoms. The molecule has 0 aromatic heterocycles. The van der Waals surface area contributed by atoms with Gasteiger partial charge in [0, 0.05) is 31.7 Å². The summed E-state index contributed by atoms with van der Waals surface area (Å²) in [6.07, 6.45) is 2.59. The average molecular weight is 155 g/mol. The van der Waals surface area contributed by atoms with Gasteiger partial charge in [-0.2, -0.15) is 0 Å². The standard InChI is InChI=1S/C9H17NO/c1-2-10-7-9(8-10)3-5-11-6-4-9/h2-8H2,1H3. The number of nitrogens with zero attached hydrogens (tertiary/aromatic N) is 1. The Balaban J connectivity index is 1.84. The molecule has 0 atom stereocenters. The molecule has 2 aliphatic heterocycles. The van der Waals surface area contributed by atoms with Crippen molar-refractivity contribution >= 4 is 0 Å². The summed E-state index contributed by atoms with van der Waals surface area (Å²) in [5, 5.41) is 0. The van der Waals surface area contributed by atoms with Gasteiger partial charge in [0.1, 0.15) is 0 Å². The van der Waals surface area contributed by atoms with E-state index < -0.39 is 0 Å². The minimum atomic E-state index is 0.675. The molecule has 2 saturated heterocycles. The van der Waals surface area contributed by atoms with Crippen molar-refractivity contribution in [3.8, 4) is 0 Å². The van der Waals surface area contributed by atoms with E-state index in [9.17, 15) is 0 Å². The van der Waals surface area contributed by atoms with Crippen LogP contribution in [0.3, 0.4) is 0 Å². The van der Waals surface area contributed by atoms with E-state index in [-0.39, 0.29) is 0 Å². The summed E-state index contributed by atoms with van der Waals surface area (Å²) in [6, 6.07) is 0. The zero-order valence-corrected chi connectivity index (χ0v) is 7.31. The Bertz CT molecular complexity index is 132. The van der Waals surface area contributed by atoms with Gasteiger partial charge in [0.2, 0.25) is 0 Å². The lowest BCUT2D eigenvalue weighted by Crippen LogP contribution is -2.58. The molecule has 0 saturated carbocycles. The zero-order chi connectivity index (χ0) is 7.73. The van der Waals surface area contributed by atoms with Crippen molar-refractivity contribution in [1.29, 1.82) is 0 Å². The molecule has 2 heteroatoms. The molecule has 2 aliphatic rings. The van der Waals surface area contributed by atoms with E-state index in [4.69, 9.17) is 4.74 Å². The summed E-state index contributed by atoms with van der Waals surface area (Å²) >= 11 is 0. The Morgan fingerprint density at radius 3 is 2.45 bits per heavy atom. The normalized spacial score (nSPS) is 30.3. The molecule has 0 radical (unpaired) electrons. The van der Waals surface area contributed by atoms with Crippen LogP contribution < -0.4 is 0 Å². The van der Waals surface area contributed by atoms with E-state index in [1.165, 1.54) is 32.5 Å². The molecule has 0 aliphatic carbocycles. The number of ether oxygens (including phenoxy) is 1. The lowest BCUT2D eigenvalue weighted by molar-refractivity contribution is -0.0782. The second-order valence-corrected chi connectivity index (χ2v) is 3.92. The van der Waals surface area contributed by atoms with Gasteiger partial charge in [0.05, 0.1) is 0 Å². The fraction of sp³-hybridized carbons (Fsp3) is 1.00. The summed E-state index contributed by atoms with van der Waals surface area (Å²) in [6.45, 7) is 8.11. The third kappa shape index (κ3) is 1.30. The van der Waals surface area contributed by atoms with Crippen LogP contribution in [0, 0.1) is 5.41 Å². The predicted molar refractivity (Wildman–Crippen MR) is 44.6 cm³/mol. The lowest BCUT2D eigenvalue weighted by atomic mass is 9.73. The summed E-state index contributed by atoms with van der Waals surface area (Å²) in [4.78, 5) is 2.52. The van der Waals surface area contributed by atoms with Crippen LogP contribution in [-0.2, 0) is 4.74 Å². The zero-order valence-electron chi connectivity index (χ0n) is 7.31. The highest BCUT2D eigenvalue weighted by Gasteiger charge is 2.42. The first kappa shape index (κ1) is 7.56. The van der Waals surface area contributed by atoms with E-state index >= 15 is 0 Å². The first-order valence-electron chi connectivity index (χ1n) is 4.65. The van der Waals surface area contributed by atoms with Crippen molar-refractivity contribution < 1.29 is 4.74 Å². The maximum atomic E-state index is 5.35. The second kappa shape index (κ2) is 2.76. The van der Waals surface area contributed by atoms with Crippen LogP contribution in [0.5, 0.6) is 0 Å². The fourth-order valence-corrected chi connectivity index (χ4v) is 2.25. The lowest BCUT2D eigenvalue weighted by Gasteiger charge is -2.52. The van der Waals surface area contributed by atoms with Crippen LogP contribution in [0.4, 0.5) is 0 Å². The Morgan fingerprint density at radius 2 is 1.91 bits per heavy atom. The summed E-state index contributed by atoms with van der Waals surface area (Å²) in [5.74, 6) is 0. The van der Waals surface area contributed by atoms with Crippen LogP contribution in [0.2, 0.25) is 0 Å². The molecule has 2 heterocycles. The van der Waals surface area contributed by atoms with Crippen LogP contribution >= 0.6 is 0 Å². The SMILES string of the molecule is CCN1CC2(CCOCC2)C1. The van der Waals surface area contributed by atoms with E-state index in [1.54, 1.807) is 0 Å². The molecule has 0 bridgehead atoms. The van der Waals surface area contributed by atoms with Crippen LogP contribution in [0.15, 0.2) is 0 Å². The van der Waals surface area contributed by atoms with Gasteiger partial charge in [0.15, 0.2) is 0 Å². The molecule has 0 N–H and O–H groups in total. The van der Waals surface area contributed by atoms with Crippen LogP contribution in [0.25, 0.3) is 0 Å². The highest BCUT2D eigenvalue weighted by Crippen LogP contribution is 2.39. The summed E-state index contributed by atoms with van der Waals surface area (Å²) in [7, 11) is 0. The molecule has 2 rings (SSSR count). The van der Waals surface area contributed by atoms with Crippen LogP contribution in [-0.4, -0.2) is 37.7 Å². The number of rotatable bonds is 1. The van der Waals surface area contributed by atoms with Gasteiger partial charge in [0.25, 0.3) is 0 Å². The van der Waals surface area contributed by atoms with Crippen molar-refractivity contribution in [3.63, 3.8) is 0 Å². The van der Waals surface area contributed by atoms with Gasteiger partial charge in [-0.25, -0.2) is 0 Å². The van der Waals surface area contributed by atoms with Crippen molar-refractivity contribution in [2.24, 2.45) is 5.41 Å². The topological polar surface area (TPSA) is 12.5 Å². The van der Waals surface area contributed by atoms with Crippen molar-refractivity contribution in [2.45, 2.75) is 19.8 Å². The van der Waals surface area contributed by atoms with Gasteiger partial charge >= 0.3 is 0 Å². The number of hydrogen-bond acceptors (Lipinski definition) is 2. The van der Waals surface area contributed by atoms with E-state index in [2.05, 4.69) is 11.8 Å². The minimum Gasteiger partial charge on any atom is -0.381 e. The number of likely N-dealkylation sites (tertiary alicyclic amines) is 1. The Labute approximate surface area is 68.5 Å².